The summed E-state index contributed by atoms with van der Waals surface area (Å²) < 4.78 is 0. The van der Waals surface area contributed by atoms with Crippen LogP contribution in [0, 0.1) is 0 Å². The van der Waals surface area contributed by atoms with Crippen molar-refractivity contribution in [2.24, 2.45) is 0 Å². The Kier molecular flexibility index (Phi) is 1.69. The maximum Gasteiger partial charge on any atom is 0.220 e. The van der Waals surface area contributed by atoms with Crippen molar-refractivity contribution in [1.29, 1.82) is 0 Å². The molecule has 0 saturated heterocycles. The van der Waals surface area contributed by atoms with Crippen LogP contribution in [-0.4, -0.2) is 21.2 Å². The number of rotatable bonds is 0. The molecule has 0 radical (unpaired) electrons. The number of anilines is 1. The first kappa shape index (κ1) is 7.49. The third kappa shape index (κ3) is 1.25. The third-order valence-corrected chi connectivity index (χ3v) is 2.14. The molecule has 0 unspecified atom stereocenters. The van der Waals surface area contributed by atoms with Crippen molar-refractivity contribution >= 4 is 5.95 Å². The minimum atomic E-state index is -0.232. The molecule has 64 valence electrons. The highest BCUT2D eigenvalue weighted by Crippen LogP contribution is 2.18. The Balaban J connectivity index is 2.37. The van der Waals surface area contributed by atoms with Crippen LogP contribution in [0.2, 0.25) is 0 Å². The molecule has 0 spiro atoms. The fourth-order valence-corrected chi connectivity index (χ4v) is 1.50. The van der Waals surface area contributed by atoms with Gasteiger partial charge in [0.1, 0.15) is 0 Å². The first-order chi connectivity index (χ1) is 5.75. The smallest absolute Gasteiger partial charge is 0.220 e. The van der Waals surface area contributed by atoms with Crippen molar-refractivity contribution in [2.75, 3.05) is 5.73 Å². The number of aryl methyl sites for hydroxylation is 1. The van der Waals surface area contributed by atoms with Gasteiger partial charge in [0.2, 0.25) is 5.95 Å². The van der Waals surface area contributed by atoms with E-state index in [1.165, 1.54) is 0 Å². The van der Waals surface area contributed by atoms with Crippen molar-refractivity contribution in [3.8, 4) is 0 Å². The summed E-state index contributed by atoms with van der Waals surface area (Å²) in [6.45, 7) is 0. The van der Waals surface area contributed by atoms with Gasteiger partial charge < -0.3 is 10.8 Å². The molecule has 0 amide bonds. The van der Waals surface area contributed by atoms with Crippen LogP contribution < -0.4 is 5.73 Å². The summed E-state index contributed by atoms with van der Waals surface area (Å²) in [6, 6.07) is 0. The van der Waals surface area contributed by atoms with Crippen molar-refractivity contribution in [1.82, 2.24) is 9.97 Å². The van der Waals surface area contributed by atoms with E-state index in [4.69, 9.17) is 5.73 Å². The van der Waals surface area contributed by atoms with E-state index in [2.05, 4.69) is 9.97 Å². The van der Waals surface area contributed by atoms with E-state index in [1.54, 1.807) is 6.20 Å². The third-order valence-electron chi connectivity index (χ3n) is 2.14. The molecule has 0 bridgehead atoms. The number of nitrogens with zero attached hydrogens (tertiary/aromatic N) is 2. The molecular weight excluding hydrogens is 154 g/mol. The highest BCUT2D eigenvalue weighted by atomic mass is 16.3. The molecule has 0 aliphatic heterocycles. The Labute approximate surface area is 70.5 Å². The summed E-state index contributed by atoms with van der Waals surface area (Å²) in [6.07, 6.45) is 3.73. The maximum absolute atomic E-state index is 9.34. The monoisotopic (exact) mass is 165 g/mol. The average molecular weight is 165 g/mol. The molecule has 1 aliphatic carbocycles. The summed E-state index contributed by atoms with van der Waals surface area (Å²) in [5, 5.41) is 9.34. The van der Waals surface area contributed by atoms with E-state index in [1.807, 2.05) is 0 Å². The van der Waals surface area contributed by atoms with Gasteiger partial charge in [0.25, 0.3) is 0 Å². The second kappa shape index (κ2) is 2.71. The molecule has 1 atom stereocenters. The number of hydrogen-bond donors (Lipinski definition) is 2. The predicted molar refractivity (Wildman–Crippen MR) is 44.5 cm³/mol. The van der Waals surface area contributed by atoms with Crippen molar-refractivity contribution in [3.05, 3.63) is 17.5 Å². The van der Waals surface area contributed by atoms with E-state index in [0.29, 0.717) is 12.4 Å². The predicted octanol–water partition coefficient (Wildman–Crippen LogP) is -0.0916. The number of hydrogen-bond acceptors (Lipinski definition) is 4. The Hall–Kier alpha value is -1.16. The zero-order valence-corrected chi connectivity index (χ0v) is 6.70. The van der Waals surface area contributed by atoms with Gasteiger partial charge in [-0.1, -0.05) is 0 Å². The molecule has 1 aromatic rings. The van der Waals surface area contributed by atoms with E-state index in [9.17, 15) is 5.11 Å². The summed E-state index contributed by atoms with van der Waals surface area (Å²) in [5.41, 5.74) is 7.46. The number of nitrogen functional groups attached to an aromatic ring is 1. The lowest BCUT2D eigenvalue weighted by Crippen LogP contribution is -2.20. The number of nitrogens with two attached hydrogens (primary N) is 1. The standard InChI is InChI=1S/C8H11N3O/c9-8-10-4-5-3-6(12)1-2-7(5)11-8/h4,6,12H,1-3H2,(H2,9,10,11)/t6-/m1/s1. The molecule has 0 aromatic carbocycles. The van der Waals surface area contributed by atoms with Gasteiger partial charge in [-0.25, -0.2) is 9.97 Å². The summed E-state index contributed by atoms with van der Waals surface area (Å²) in [5.74, 6) is 0.324. The molecule has 3 N–H and O–H groups in total. The van der Waals surface area contributed by atoms with Gasteiger partial charge in [-0.2, -0.15) is 0 Å². The molecule has 1 heterocycles. The maximum atomic E-state index is 9.34. The minimum absolute atomic E-state index is 0.232. The van der Waals surface area contributed by atoms with Crippen LogP contribution in [0.1, 0.15) is 17.7 Å². The molecule has 2 rings (SSSR count). The van der Waals surface area contributed by atoms with Gasteiger partial charge in [-0.05, 0) is 18.4 Å². The van der Waals surface area contributed by atoms with Crippen molar-refractivity contribution in [3.63, 3.8) is 0 Å². The molecule has 4 heteroatoms. The lowest BCUT2D eigenvalue weighted by Gasteiger charge is -2.18. The first-order valence-electron chi connectivity index (χ1n) is 4.04. The zero-order chi connectivity index (χ0) is 8.55. The van der Waals surface area contributed by atoms with E-state index in [0.717, 1.165) is 24.1 Å². The Morgan fingerprint density at radius 1 is 1.58 bits per heavy atom. The van der Waals surface area contributed by atoms with E-state index >= 15 is 0 Å². The van der Waals surface area contributed by atoms with Crippen LogP contribution in [0.3, 0.4) is 0 Å². The van der Waals surface area contributed by atoms with Crippen LogP contribution >= 0.6 is 0 Å². The van der Waals surface area contributed by atoms with Gasteiger partial charge in [0.15, 0.2) is 0 Å². The van der Waals surface area contributed by atoms with E-state index < -0.39 is 0 Å². The SMILES string of the molecule is Nc1ncc2c(n1)CC[C@@H](O)C2. The lowest BCUT2D eigenvalue weighted by molar-refractivity contribution is 0.157. The normalized spacial score (nSPS) is 21.9. The molecule has 0 saturated carbocycles. The Bertz CT molecular complexity index is 300. The molecule has 1 aromatic heterocycles. The second-order valence-corrected chi connectivity index (χ2v) is 3.10. The summed E-state index contributed by atoms with van der Waals surface area (Å²) in [7, 11) is 0. The molecule has 1 aliphatic rings. The summed E-state index contributed by atoms with van der Waals surface area (Å²) >= 11 is 0. The summed E-state index contributed by atoms with van der Waals surface area (Å²) in [4.78, 5) is 7.99. The number of aromatic nitrogens is 2. The first-order valence-corrected chi connectivity index (χ1v) is 4.04. The number of fused-ring (bicyclic) bond motifs is 1. The van der Waals surface area contributed by atoms with Gasteiger partial charge in [-0.3, -0.25) is 0 Å². The second-order valence-electron chi connectivity index (χ2n) is 3.10. The van der Waals surface area contributed by atoms with Crippen LogP contribution in [0.4, 0.5) is 5.95 Å². The van der Waals surface area contributed by atoms with Crippen LogP contribution in [-0.2, 0) is 12.8 Å². The lowest BCUT2D eigenvalue weighted by atomic mass is 9.95. The Morgan fingerprint density at radius 3 is 3.25 bits per heavy atom. The van der Waals surface area contributed by atoms with Crippen molar-refractivity contribution in [2.45, 2.75) is 25.4 Å². The van der Waals surface area contributed by atoms with Crippen molar-refractivity contribution < 1.29 is 5.11 Å². The number of aliphatic hydroxyl groups excluding tert-OH is 1. The van der Waals surface area contributed by atoms with Crippen LogP contribution in [0.5, 0.6) is 0 Å². The van der Waals surface area contributed by atoms with Gasteiger partial charge in [0.05, 0.1) is 6.10 Å². The largest absolute Gasteiger partial charge is 0.393 e. The average Bonchev–Trinajstić information content (AvgIpc) is 2.05. The molecular formula is C8H11N3O. The van der Waals surface area contributed by atoms with Crippen LogP contribution in [0.25, 0.3) is 0 Å². The van der Waals surface area contributed by atoms with Gasteiger partial charge in [-0.15, -0.1) is 0 Å². The van der Waals surface area contributed by atoms with E-state index in [-0.39, 0.29) is 6.10 Å². The highest BCUT2D eigenvalue weighted by Gasteiger charge is 2.17. The molecule has 4 nitrogen and oxygen atoms in total. The molecule has 12 heavy (non-hydrogen) atoms. The Morgan fingerprint density at radius 2 is 2.42 bits per heavy atom. The quantitative estimate of drug-likeness (QED) is 0.563. The number of aliphatic hydroxyl groups is 1. The fourth-order valence-electron chi connectivity index (χ4n) is 1.50. The van der Waals surface area contributed by atoms with Gasteiger partial charge >= 0.3 is 0 Å². The minimum Gasteiger partial charge on any atom is -0.393 e. The van der Waals surface area contributed by atoms with Gasteiger partial charge in [0, 0.05) is 18.3 Å². The van der Waals surface area contributed by atoms with Crippen LogP contribution in [0.15, 0.2) is 6.20 Å². The topological polar surface area (TPSA) is 72.0 Å². The highest BCUT2D eigenvalue weighted by molar-refractivity contribution is 5.27. The fraction of sp³-hybridized carbons (Fsp3) is 0.500. The molecule has 0 fully saturated rings. The zero-order valence-electron chi connectivity index (χ0n) is 6.70.